The van der Waals surface area contributed by atoms with Gasteiger partial charge in [-0.1, -0.05) is 0 Å². The van der Waals surface area contributed by atoms with Crippen molar-refractivity contribution in [2.45, 2.75) is 25.3 Å². The number of hydrogen-bond donors (Lipinski definition) is 0. The van der Waals surface area contributed by atoms with Crippen molar-refractivity contribution in [2.24, 2.45) is 5.92 Å². The van der Waals surface area contributed by atoms with Gasteiger partial charge in [-0.2, -0.15) is 8.42 Å². The first-order valence-corrected chi connectivity index (χ1v) is 7.78. The van der Waals surface area contributed by atoms with Gasteiger partial charge < -0.3 is 4.74 Å². The van der Waals surface area contributed by atoms with Crippen molar-refractivity contribution in [3.63, 3.8) is 0 Å². The normalized spacial score (nSPS) is 31.8. The minimum atomic E-state index is -3.32. The molecule has 0 N–H and O–H groups in total. The number of piperidine rings is 1. The van der Waals surface area contributed by atoms with E-state index >= 15 is 0 Å². The fraction of sp³-hybridized carbons (Fsp3) is 1.00. The first kappa shape index (κ1) is 13.3. The number of ether oxygens (including phenoxy) is 1. The maximum absolute atomic E-state index is 11.4. The van der Waals surface area contributed by atoms with Crippen LogP contribution in [0.2, 0.25) is 0 Å². The highest BCUT2D eigenvalue weighted by Gasteiger charge is 2.30. The first-order valence-electron chi connectivity index (χ1n) is 6.21. The van der Waals surface area contributed by atoms with Crippen molar-refractivity contribution < 1.29 is 17.3 Å². The zero-order valence-electron chi connectivity index (χ0n) is 10.3. The summed E-state index contributed by atoms with van der Waals surface area (Å²) in [6.45, 7) is 3.56. The molecule has 2 heterocycles. The van der Waals surface area contributed by atoms with Crippen LogP contribution in [0.1, 0.15) is 19.3 Å². The standard InChI is InChI=1S/C11H21NO4S/c1-15-17(13,14)9-10-3-2-5-12(7-10)11-4-6-16-8-11/h10-11H,2-9H2,1H3. The summed E-state index contributed by atoms with van der Waals surface area (Å²) in [7, 11) is -2.09. The van der Waals surface area contributed by atoms with Gasteiger partial charge in [-0.15, -0.1) is 0 Å². The summed E-state index contributed by atoms with van der Waals surface area (Å²) in [5, 5.41) is 0. The smallest absolute Gasteiger partial charge is 0.267 e. The average Bonchev–Trinajstić information content (AvgIpc) is 2.82. The molecule has 2 aliphatic rings. The molecule has 2 unspecified atom stereocenters. The third kappa shape index (κ3) is 3.64. The summed E-state index contributed by atoms with van der Waals surface area (Å²) < 4.78 is 32.8. The summed E-state index contributed by atoms with van der Waals surface area (Å²) in [4.78, 5) is 2.38. The van der Waals surface area contributed by atoms with Gasteiger partial charge in [0.15, 0.2) is 0 Å². The molecule has 0 aliphatic carbocycles. The summed E-state index contributed by atoms with van der Waals surface area (Å²) in [6.07, 6.45) is 3.12. The SMILES string of the molecule is COS(=O)(=O)CC1CCCN(C2CCOC2)C1. The van der Waals surface area contributed by atoms with Crippen molar-refractivity contribution in [3.8, 4) is 0 Å². The minimum Gasteiger partial charge on any atom is -0.380 e. The van der Waals surface area contributed by atoms with E-state index in [0.717, 1.165) is 45.6 Å². The maximum Gasteiger partial charge on any atom is 0.267 e. The van der Waals surface area contributed by atoms with E-state index in [4.69, 9.17) is 4.74 Å². The number of hydrogen-bond acceptors (Lipinski definition) is 5. The lowest BCUT2D eigenvalue weighted by Crippen LogP contribution is -2.44. The molecular weight excluding hydrogens is 242 g/mol. The van der Waals surface area contributed by atoms with E-state index in [-0.39, 0.29) is 11.7 Å². The molecule has 2 atom stereocenters. The zero-order valence-corrected chi connectivity index (χ0v) is 11.1. The number of nitrogens with zero attached hydrogens (tertiary/aromatic N) is 1. The van der Waals surface area contributed by atoms with Gasteiger partial charge in [-0.3, -0.25) is 9.08 Å². The fourth-order valence-corrected chi connectivity index (χ4v) is 3.72. The largest absolute Gasteiger partial charge is 0.380 e. The van der Waals surface area contributed by atoms with E-state index in [1.807, 2.05) is 0 Å². The minimum absolute atomic E-state index is 0.146. The second-order valence-electron chi connectivity index (χ2n) is 4.91. The van der Waals surface area contributed by atoms with Gasteiger partial charge in [0, 0.05) is 19.2 Å². The van der Waals surface area contributed by atoms with Crippen molar-refractivity contribution >= 4 is 10.1 Å². The van der Waals surface area contributed by atoms with Gasteiger partial charge in [0.05, 0.1) is 19.5 Å². The second kappa shape index (κ2) is 5.65. The molecule has 0 saturated carbocycles. The molecule has 2 aliphatic heterocycles. The monoisotopic (exact) mass is 263 g/mol. The molecule has 5 nitrogen and oxygen atoms in total. The van der Waals surface area contributed by atoms with Crippen LogP contribution in [0.3, 0.4) is 0 Å². The van der Waals surface area contributed by atoms with Crippen LogP contribution in [0, 0.1) is 5.92 Å². The van der Waals surface area contributed by atoms with Crippen molar-refractivity contribution in [1.82, 2.24) is 4.90 Å². The van der Waals surface area contributed by atoms with Crippen LogP contribution in [-0.4, -0.2) is 58.5 Å². The third-order valence-corrected chi connectivity index (χ3v) is 5.05. The summed E-state index contributed by atoms with van der Waals surface area (Å²) >= 11 is 0. The number of likely N-dealkylation sites (tertiary alicyclic amines) is 1. The van der Waals surface area contributed by atoms with Crippen LogP contribution >= 0.6 is 0 Å². The van der Waals surface area contributed by atoms with Crippen LogP contribution in [0.4, 0.5) is 0 Å². The summed E-state index contributed by atoms with van der Waals surface area (Å²) in [5.41, 5.74) is 0. The molecular formula is C11H21NO4S. The van der Waals surface area contributed by atoms with Crippen molar-refractivity contribution in [2.75, 3.05) is 39.2 Å². The first-order chi connectivity index (χ1) is 8.11. The van der Waals surface area contributed by atoms with E-state index in [0.29, 0.717) is 6.04 Å². The highest BCUT2D eigenvalue weighted by atomic mass is 32.2. The Morgan fingerprint density at radius 2 is 2.24 bits per heavy atom. The molecule has 0 aromatic heterocycles. The van der Waals surface area contributed by atoms with Crippen LogP contribution in [0.15, 0.2) is 0 Å². The van der Waals surface area contributed by atoms with Crippen LogP contribution in [0.25, 0.3) is 0 Å². The molecule has 0 spiro atoms. The molecule has 17 heavy (non-hydrogen) atoms. The molecule has 0 amide bonds. The van der Waals surface area contributed by atoms with Gasteiger partial charge in [0.2, 0.25) is 0 Å². The quantitative estimate of drug-likeness (QED) is 0.690. The van der Waals surface area contributed by atoms with Gasteiger partial charge in [0.1, 0.15) is 0 Å². The zero-order chi connectivity index (χ0) is 12.3. The Balaban J connectivity index is 1.88. The Morgan fingerprint density at radius 3 is 2.88 bits per heavy atom. The summed E-state index contributed by atoms with van der Waals surface area (Å²) in [6, 6.07) is 0.489. The van der Waals surface area contributed by atoms with Crippen LogP contribution < -0.4 is 0 Å². The van der Waals surface area contributed by atoms with Gasteiger partial charge >= 0.3 is 0 Å². The molecule has 2 fully saturated rings. The molecule has 0 radical (unpaired) electrons. The van der Waals surface area contributed by atoms with E-state index in [9.17, 15) is 8.42 Å². The van der Waals surface area contributed by atoms with Crippen LogP contribution in [0.5, 0.6) is 0 Å². The molecule has 6 heteroatoms. The predicted molar refractivity (Wildman–Crippen MR) is 64.3 cm³/mol. The summed E-state index contributed by atoms with van der Waals surface area (Å²) in [5.74, 6) is 0.349. The number of rotatable bonds is 4. The average molecular weight is 263 g/mol. The van der Waals surface area contributed by atoms with Crippen LogP contribution in [-0.2, 0) is 19.0 Å². The Kier molecular flexibility index (Phi) is 4.41. The van der Waals surface area contributed by atoms with Crippen molar-refractivity contribution in [1.29, 1.82) is 0 Å². The molecule has 100 valence electrons. The van der Waals surface area contributed by atoms with Gasteiger partial charge in [-0.05, 0) is 31.7 Å². The fourth-order valence-electron chi connectivity index (χ4n) is 2.73. The highest BCUT2D eigenvalue weighted by Crippen LogP contribution is 2.23. The highest BCUT2D eigenvalue weighted by molar-refractivity contribution is 7.86. The van der Waals surface area contributed by atoms with E-state index < -0.39 is 10.1 Å². The Hall–Kier alpha value is -0.170. The third-order valence-electron chi connectivity index (χ3n) is 3.67. The Labute approximate surface area is 103 Å². The lowest BCUT2D eigenvalue weighted by Gasteiger charge is -2.35. The second-order valence-corrected chi connectivity index (χ2v) is 6.69. The lowest BCUT2D eigenvalue weighted by molar-refractivity contribution is 0.108. The van der Waals surface area contributed by atoms with Gasteiger partial charge in [-0.25, -0.2) is 0 Å². The molecule has 0 aromatic rings. The molecule has 0 aromatic carbocycles. The predicted octanol–water partition coefficient (Wildman–Crippen LogP) is 0.464. The van der Waals surface area contributed by atoms with Gasteiger partial charge in [0.25, 0.3) is 10.1 Å². The molecule has 2 rings (SSSR count). The van der Waals surface area contributed by atoms with E-state index in [1.54, 1.807) is 0 Å². The topological polar surface area (TPSA) is 55.8 Å². The van der Waals surface area contributed by atoms with E-state index in [1.165, 1.54) is 7.11 Å². The maximum atomic E-state index is 11.4. The molecule has 0 bridgehead atoms. The Morgan fingerprint density at radius 1 is 1.41 bits per heavy atom. The molecule has 2 saturated heterocycles. The van der Waals surface area contributed by atoms with E-state index in [2.05, 4.69) is 9.08 Å². The lowest BCUT2D eigenvalue weighted by atomic mass is 9.98. The van der Waals surface area contributed by atoms with Crippen molar-refractivity contribution in [3.05, 3.63) is 0 Å². The Bertz CT molecular complexity index is 337.